The molecule has 1 aliphatic heterocycles. The molecule has 3 aromatic rings. The molecule has 7 nitrogen and oxygen atoms in total. The highest BCUT2D eigenvalue weighted by molar-refractivity contribution is 5.95. The average Bonchev–Trinajstić information content (AvgIpc) is 3.29. The van der Waals surface area contributed by atoms with Crippen LogP contribution in [0.4, 0.5) is 0 Å². The number of nitrogens with zero attached hydrogens (tertiary/aromatic N) is 3. The van der Waals surface area contributed by atoms with Gasteiger partial charge in [-0.05, 0) is 38.0 Å². The molecule has 0 radical (unpaired) electrons. The van der Waals surface area contributed by atoms with Crippen LogP contribution in [0.5, 0.6) is 0 Å². The fraction of sp³-hybridized carbons (Fsp3) is 0.316. The number of aromatic nitrogens is 2. The van der Waals surface area contributed by atoms with Crippen LogP contribution < -0.4 is 5.32 Å². The van der Waals surface area contributed by atoms with Gasteiger partial charge in [-0.25, -0.2) is 4.98 Å². The molecule has 3 aromatic heterocycles. The Morgan fingerprint density at radius 2 is 2.04 bits per heavy atom. The van der Waals surface area contributed by atoms with Gasteiger partial charge in [0.25, 0.3) is 11.8 Å². The van der Waals surface area contributed by atoms with Crippen LogP contribution in [0.25, 0.3) is 5.65 Å². The Kier molecular flexibility index (Phi) is 4.20. The van der Waals surface area contributed by atoms with E-state index in [4.69, 9.17) is 4.42 Å². The standard InChI is InChI=1S/C19H20N4O3/c1-13-11-23-6-2-14(10-17(23)20-13)18(24)21-16-3-7-22(8-4-16)19(25)15-5-9-26-12-15/h2,5-6,9-12,16H,3-4,7-8H2,1H3,(H,21,24). The second-order valence-corrected chi connectivity index (χ2v) is 6.62. The number of rotatable bonds is 3. The molecule has 2 amide bonds. The van der Waals surface area contributed by atoms with Crippen LogP contribution in [0, 0.1) is 6.92 Å². The second-order valence-electron chi connectivity index (χ2n) is 6.62. The molecule has 1 N–H and O–H groups in total. The monoisotopic (exact) mass is 352 g/mol. The number of imidazole rings is 1. The van der Waals surface area contributed by atoms with Gasteiger partial charge < -0.3 is 19.0 Å². The minimum atomic E-state index is -0.104. The Bertz CT molecular complexity index is 937. The van der Waals surface area contributed by atoms with Crippen LogP contribution >= 0.6 is 0 Å². The van der Waals surface area contributed by atoms with E-state index in [1.54, 1.807) is 23.1 Å². The summed E-state index contributed by atoms with van der Waals surface area (Å²) in [5.74, 6) is -0.128. The van der Waals surface area contributed by atoms with Crippen molar-refractivity contribution in [3.8, 4) is 0 Å². The zero-order chi connectivity index (χ0) is 18.1. The largest absolute Gasteiger partial charge is 0.472 e. The minimum absolute atomic E-state index is 0.0244. The lowest BCUT2D eigenvalue weighted by molar-refractivity contribution is 0.0697. The van der Waals surface area contributed by atoms with Crippen LogP contribution in [0.2, 0.25) is 0 Å². The Labute approximate surface area is 150 Å². The molecule has 26 heavy (non-hydrogen) atoms. The number of amides is 2. The topological polar surface area (TPSA) is 79.9 Å². The highest BCUT2D eigenvalue weighted by Gasteiger charge is 2.25. The van der Waals surface area contributed by atoms with E-state index in [0.29, 0.717) is 24.2 Å². The van der Waals surface area contributed by atoms with Crippen molar-refractivity contribution in [2.75, 3.05) is 13.1 Å². The molecule has 0 aliphatic carbocycles. The van der Waals surface area contributed by atoms with Crippen LogP contribution in [0.15, 0.2) is 47.5 Å². The van der Waals surface area contributed by atoms with E-state index < -0.39 is 0 Å². The SMILES string of the molecule is Cc1cn2ccc(C(=O)NC3CCN(C(=O)c4ccoc4)CC3)cc2n1. The third-order valence-corrected chi connectivity index (χ3v) is 4.73. The number of likely N-dealkylation sites (tertiary alicyclic amines) is 1. The third kappa shape index (κ3) is 3.20. The summed E-state index contributed by atoms with van der Waals surface area (Å²) in [5, 5.41) is 3.07. The summed E-state index contributed by atoms with van der Waals surface area (Å²) < 4.78 is 6.86. The van der Waals surface area contributed by atoms with E-state index in [0.717, 1.165) is 24.2 Å². The zero-order valence-corrected chi connectivity index (χ0v) is 14.5. The number of aryl methyl sites for hydroxylation is 1. The van der Waals surface area contributed by atoms with Crippen LogP contribution in [-0.2, 0) is 0 Å². The molecule has 4 rings (SSSR count). The summed E-state index contributed by atoms with van der Waals surface area (Å²) in [6, 6.07) is 5.32. The van der Waals surface area contributed by atoms with Crippen molar-refractivity contribution < 1.29 is 14.0 Å². The van der Waals surface area contributed by atoms with Crippen molar-refractivity contribution in [2.45, 2.75) is 25.8 Å². The van der Waals surface area contributed by atoms with Crippen LogP contribution in [0.3, 0.4) is 0 Å². The van der Waals surface area contributed by atoms with E-state index in [1.165, 1.54) is 12.5 Å². The van der Waals surface area contributed by atoms with Crippen molar-refractivity contribution >= 4 is 17.5 Å². The van der Waals surface area contributed by atoms with Crippen molar-refractivity contribution in [3.63, 3.8) is 0 Å². The summed E-state index contributed by atoms with van der Waals surface area (Å²) in [6.07, 6.45) is 8.20. The first-order valence-electron chi connectivity index (χ1n) is 8.68. The predicted molar refractivity (Wildman–Crippen MR) is 95.0 cm³/mol. The molecule has 0 unspecified atom stereocenters. The van der Waals surface area contributed by atoms with Crippen molar-refractivity contribution in [2.24, 2.45) is 0 Å². The highest BCUT2D eigenvalue weighted by Crippen LogP contribution is 2.15. The molecule has 1 fully saturated rings. The quantitative estimate of drug-likeness (QED) is 0.784. The Morgan fingerprint density at radius 1 is 1.23 bits per heavy atom. The summed E-state index contributed by atoms with van der Waals surface area (Å²) >= 11 is 0. The summed E-state index contributed by atoms with van der Waals surface area (Å²) in [7, 11) is 0. The van der Waals surface area contributed by atoms with Gasteiger partial charge in [-0.15, -0.1) is 0 Å². The third-order valence-electron chi connectivity index (χ3n) is 4.73. The van der Waals surface area contributed by atoms with Gasteiger partial charge in [0.05, 0.1) is 17.5 Å². The molecule has 1 aliphatic rings. The lowest BCUT2D eigenvalue weighted by atomic mass is 10.0. The molecule has 4 heterocycles. The molecule has 0 saturated carbocycles. The van der Waals surface area contributed by atoms with E-state index >= 15 is 0 Å². The summed E-state index contributed by atoms with van der Waals surface area (Å²) in [6.45, 7) is 3.16. The van der Waals surface area contributed by atoms with Gasteiger partial charge in [-0.2, -0.15) is 0 Å². The first kappa shape index (κ1) is 16.4. The first-order chi connectivity index (χ1) is 12.6. The smallest absolute Gasteiger partial charge is 0.257 e. The molecule has 1 saturated heterocycles. The minimum Gasteiger partial charge on any atom is -0.472 e. The maximum absolute atomic E-state index is 12.5. The predicted octanol–water partition coefficient (Wildman–Crippen LogP) is 2.27. The zero-order valence-electron chi connectivity index (χ0n) is 14.5. The number of furan rings is 1. The number of pyridine rings is 1. The van der Waals surface area contributed by atoms with Gasteiger partial charge in [-0.1, -0.05) is 0 Å². The molecule has 0 spiro atoms. The molecule has 134 valence electrons. The van der Waals surface area contributed by atoms with Gasteiger partial charge in [-0.3, -0.25) is 9.59 Å². The first-order valence-corrected chi connectivity index (χ1v) is 8.68. The van der Waals surface area contributed by atoms with Gasteiger partial charge in [0.1, 0.15) is 11.9 Å². The van der Waals surface area contributed by atoms with Crippen LogP contribution in [-0.4, -0.2) is 45.2 Å². The van der Waals surface area contributed by atoms with Crippen molar-refractivity contribution in [3.05, 3.63) is 59.9 Å². The number of nitrogens with one attached hydrogen (secondary N) is 1. The normalized spacial score (nSPS) is 15.3. The number of fused-ring (bicyclic) bond motifs is 1. The number of hydrogen-bond donors (Lipinski definition) is 1. The average molecular weight is 352 g/mol. The fourth-order valence-electron chi connectivity index (χ4n) is 3.31. The maximum atomic E-state index is 12.5. The van der Waals surface area contributed by atoms with Gasteiger partial charge in [0, 0.05) is 37.1 Å². The number of piperidine rings is 1. The van der Waals surface area contributed by atoms with Gasteiger partial charge >= 0.3 is 0 Å². The van der Waals surface area contributed by atoms with Gasteiger partial charge in [0.15, 0.2) is 0 Å². The molecular weight excluding hydrogens is 332 g/mol. The lowest BCUT2D eigenvalue weighted by Crippen LogP contribution is -2.46. The van der Waals surface area contributed by atoms with Crippen LogP contribution in [0.1, 0.15) is 39.3 Å². The molecule has 7 heteroatoms. The molecule has 0 atom stereocenters. The van der Waals surface area contributed by atoms with E-state index in [1.807, 2.05) is 23.7 Å². The molecular formula is C19H20N4O3. The Balaban J connectivity index is 1.36. The Morgan fingerprint density at radius 3 is 2.77 bits per heavy atom. The maximum Gasteiger partial charge on any atom is 0.257 e. The number of carbonyl (C=O) groups is 2. The molecule has 0 bridgehead atoms. The highest BCUT2D eigenvalue weighted by atomic mass is 16.3. The van der Waals surface area contributed by atoms with E-state index in [-0.39, 0.29) is 17.9 Å². The van der Waals surface area contributed by atoms with Gasteiger partial charge in [0.2, 0.25) is 0 Å². The number of carbonyl (C=O) groups excluding carboxylic acids is 2. The second kappa shape index (κ2) is 6.67. The van der Waals surface area contributed by atoms with Crippen molar-refractivity contribution in [1.29, 1.82) is 0 Å². The Hall–Kier alpha value is -3.09. The van der Waals surface area contributed by atoms with E-state index in [2.05, 4.69) is 10.3 Å². The van der Waals surface area contributed by atoms with Crippen molar-refractivity contribution in [1.82, 2.24) is 19.6 Å². The molecule has 0 aromatic carbocycles. The fourth-order valence-corrected chi connectivity index (χ4v) is 3.31. The lowest BCUT2D eigenvalue weighted by Gasteiger charge is -2.32. The summed E-state index contributed by atoms with van der Waals surface area (Å²) in [5.41, 5.74) is 2.84. The summed E-state index contributed by atoms with van der Waals surface area (Å²) in [4.78, 5) is 31.0. The number of hydrogen-bond acceptors (Lipinski definition) is 4. The van der Waals surface area contributed by atoms with E-state index in [9.17, 15) is 9.59 Å².